The Balaban J connectivity index is 1.48. The van der Waals surface area contributed by atoms with Crippen LogP contribution in [0.4, 0.5) is 5.00 Å². The standard InChI is InChI=1S/C26H24N2O2S2/c1-16-8-13-21-22(14-16)26(31)32-25(23(21)15-27)28-24(29)17(2)30-20-11-9-19(10-12-20)18-6-4-3-5-7-18/h3-7,9-12,16-17H,8,13-14H2,1-2H3,(H,28,29). The molecule has 0 fully saturated rings. The van der Waals surface area contributed by atoms with Crippen LogP contribution in [0.25, 0.3) is 11.1 Å². The monoisotopic (exact) mass is 460 g/mol. The second-order valence-corrected chi connectivity index (χ2v) is 9.84. The van der Waals surface area contributed by atoms with Gasteiger partial charge in [0.2, 0.25) is 0 Å². The van der Waals surface area contributed by atoms with Crippen LogP contribution < -0.4 is 10.1 Å². The summed E-state index contributed by atoms with van der Waals surface area (Å²) in [6.07, 6.45) is 2.02. The molecule has 3 aromatic rings. The minimum Gasteiger partial charge on any atom is -0.481 e. The maximum Gasteiger partial charge on any atom is 0.265 e. The molecule has 0 radical (unpaired) electrons. The first-order valence-electron chi connectivity index (χ1n) is 10.7. The fraction of sp³-hybridized carbons (Fsp3) is 0.269. The Morgan fingerprint density at radius 3 is 2.53 bits per heavy atom. The number of amides is 1. The van der Waals surface area contributed by atoms with Crippen molar-refractivity contribution in [2.75, 3.05) is 5.32 Å². The Hall–Kier alpha value is -3.01. The van der Waals surface area contributed by atoms with Crippen LogP contribution in [0.5, 0.6) is 5.75 Å². The van der Waals surface area contributed by atoms with E-state index in [2.05, 4.69) is 18.3 Å². The number of fused-ring (bicyclic) bond motifs is 1. The summed E-state index contributed by atoms with van der Waals surface area (Å²) in [4.78, 5) is 12.8. The van der Waals surface area contributed by atoms with Gasteiger partial charge < -0.3 is 10.1 Å². The van der Waals surface area contributed by atoms with Gasteiger partial charge in [0.1, 0.15) is 16.8 Å². The van der Waals surface area contributed by atoms with Gasteiger partial charge in [-0.1, -0.05) is 61.6 Å². The lowest BCUT2D eigenvalue weighted by Gasteiger charge is -2.23. The summed E-state index contributed by atoms with van der Waals surface area (Å²) in [5.41, 5.74) is 4.84. The Kier molecular flexibility index (Phi) is 6.69. The molecule has 0 aliphatic heterocycles. The first-order chi connectivity index (χ1) is 15.5. The predicted octanol–water partition coefficient (Wildman–Crippen LogP) is 6.55. The Morgan fingerprint density at radius 1 is 1.16 bits per heavy atom. The van der Waals surface area contributed by atoms with E-state index >= 15 is 0 Å². The van der Waals surface area contributed by atoms with Gasteiger partial charge in [-0.15, -0.1) is 11.3 Å². The normalized spacial score (nSPS) is 15.8. The predicted molar refractivity (Wildman–Crippen MR) is 132 cm³/mol. The summed E-state index contributed by atoms with van der Waals surface area (Å²) < 4.78 is 6.61. The SMILES string of the molecule is CC1CCc2c(C#N)c(NC(=O)C(C)Oc3ccc(-c4ccccc4)cc3)sc(=S)c2C1. The molecule has 0 saturated carbocycles. The summed E-state index contributed by atoms with van der Waals surface area (Å²) >= 11 is 6.89. The first-order valence-corrected chi connectivity index (χ1v) is 11.9. The largest absolute Gasteiger partial charge is 0.481 e. The number of carbonyl (C=O) groups excluding carboxylic acids is 1. The van der Waals surface area contributed by atoms with E-state index in [1.807, 2.05) is 54.6 Å². The van der Waals surface area contributed by atoms with Crippen molar-refractivity contribution in [3.8, 4) is 22.9 Å². The van der Waals surface area contributed by atoms with Crippen LogP contribution in [-0.4, -0.2) is 12.0 Å². The van der Waals surface area contributed by atoms with E-state index in [1.165, 1.54) is 11.3 Å². The van der Waals surface area contributed by atoms with Crippen LogP contribution in [-0.2, 0) is 17.6 Å². The summed E-state index contributed by atoms with van der Waals surface area (Å²) in [7, 11) is 0. The van der Waals surface area contributed by atoms with Crippen LogP contribution >= 0.6 is 23.6 Å². The average molecular weight is 461 g/mol. The molecule has 32 heavy (non-hydrogen) atoms. The molecule has 4 nitrogen and oxygen atoms in total. The van der Waals surface area contributed by atoms with Gasteiger partial charge >= 0.3 is 0 Å². The lowest BCUT2D eigenvalue weighted by Crippen LogP contribution is -2.30. The molecular formula is C26H24N2O2S2. The number of nitriles is 1. The zero-order valence-electron chi connectivity index (χ0n) is 18.1. The number of nitrogens with one attached hydrogen (secondary N) is 1. The molecule has 2 unspecified atom stereocenters. The van der Waals surface area contributed by atoms with Gasteiger partial charge in [0.15, 0.2) is 6.10 Å². The van der Waals surface area contributed by atoms with Crippen molar-refractivity contribution in [1.82, 2.24) is 0 Å². The Morgan fingerprint density at radius 2 is 1.84 bits per heavy atom. The van der Waals surface area contributed by atoms with Crippen molar-refractivity contribution in [3.05, 3.63) is 75.1 Å². The Bertz CT molecular complexity index is 1230. The molecule has 1 amide bonds. The van der Waals surface area contributed by atoms with Gasteiger partial charge in [0, 0.05) is 0 Å². The summed E-state index contributed by atoms with van der Waals surface area (Å²) in [6.45, 7) is 3.90. The van der Waals surface area contributed by atoms with Crippen molar-refractivity contribution < 1.29 is 9.53 Å². The molecule has 1 N–H and O–H groups in total. The maximum absolute atomic E-state index is 12.8. The van der Waals surface area contributed by atoms with E-state index in [1.54, 1.807) is 6.92 Å². The minimum atomic E-state index is -0.721. The molecular weight excluding hydrogens is 436 g/mol. The maximum atomic E-state index is 12.8. The number of carbonyl (C=O) groups is 1. The first kappa shape index (κ1) is 22.2. The third-order valence-corrected chi connectivity index (χ3v) is 7.20. The number of rotatable bonds is 5. The van der Waals surface area contributed by atoms with Crippen LogP contribution in [0.1, 0.15) is 37.0 Å². The van der Waals surface area contributed by atoms with Gasteiger partial charge in [0.05, 0.1) is 9.39 Å². The van der Waals surface area contributed by atoms with Crippen LogP contribution in [0, 0.1) is 21.1 Å². The smallest absolute Gasteiger partial charge is 0.265 e. The minimum absolute atomic E-state index is 0.302. The molecule has 162 valence electrons. The quantitative estimate of drug-likeness (QED) is 0.439. The fourth-order valence-corrected chi connectivity index (χ4v) is 5.37. The second-order valence-electron chi connectivity index (χ2n) is 8.15. The van der Waals surface area contributed by atoms with Crippen molar-refractivity contribution in [2.24, 2.45) is 5.92 Å². The summed E-state index contributed by atoms with van der Waals surface area (Å²) in [5, 5.41) is 13.2. The molecule has 1 aliphatic carbocycles. The van der Waals surface area contributed by atoms with Crippen molar-refractivity contribution in [2.45, 2.75) is 39.2 Å². The van der Waals surface area contributed by atoms with Gasteiger partial charge in [-0.05, 0) is 66.5 Å². The third kappa shape index (κ3) is 4.74. The molecule has 4 rings (SSSR count). The van der Waals surface area contributed by atoms with Crippen molar-refractivity contribution in [3.63, 3.8) is 0 Å². The highest BCUT2D eigenvalue weighted by Crippen LogP contribution is 2.36. The molecule has 1 aliphatic rings. The van der Waals surface area contributed by atoms with Crippen molar-refractivity contribution in [1.29, 1.82) is 5.26 Å². The van der Waals surface area contributed by atoms with E-state index < -0.39 is 6.10 Å². The molecule has 2 aromatic carbocycles. The zero-order valence-corrected chi connectivity index (χ0v) is 19.7. The Labute approximate surface area is 197 Å². The van der Waals surface area contributed by atoms with E-state index in [-0.39, 0.29) is 5.91 Å². The molecule has 0 spiro atoms. The highest BCUT2D eigenvalue weighted by molar-refractivity contribution is 7.73. The highest BCUT2D eigenvalue weighted by atomic mass is 32.1. The molecule has 0 saturated heterocycles. The van der Waals surface area contributed by atoms with E-state index in [4.69, 9.17) is 17.0 Å². The molecule has 1 heterocycles. The number of hydrogen-bond donors (Lipinski definition) is 1. The fourth-order valence-electron chi connectivity index (χ4n) is 3.97. The molecule has 1 aromatic heterocycles. The van der Waals surface area contributed by atoms with Gasteiger partial charge in [0.25, 0.3) is 5.91 Å². The number of nitrogens with zero attached hydrogens (tertiary/aromatic N) is 1. The molecule has 0 bridgehead atoms. The topological polar surface area (TPSA) is 62.1 Å². The molecule has 6 heteroatoms. The van der Waals surface area contributed by atoms with E-state index in [0.29, 0.717) is 22.2 Å². The third-order valence-electron chi connectivity index (χ3n) is 5.77. The number of benzene rings is 2. The van der Waals surface area contributed by atoms with Crippen LogP contribution in [0.15, 0.2) is 54.6 Å². The van der Waals surface area contributed by atoms with Gasteiger partial charge in [-0.25, -0.2) is 0 Å². The second kappa shape index (κ2) is 9.64. The molecule has 2 atom stereocenters. The van der Waals surface area contributed by atoms with Gasteiger partial charge in [-0.3, -0.25) is 4.79 Å². The number of anilines is 1. The average Bonchev–Trinajstić information content (AvgIpc) is 2.80. The van der Waals surface area contributed by atoms with E-state index in [9.17, 15) is 10.1 Å². The lowest BCUT2D eigenvalue weighted by atomic mass is 9.85. The summed E-state index contributed by atoms with van der Waals surface area (Å²) in [5.74, 6) is 0.869. The van der Waals surface area contributed by atoms with Gasteiger partial charge in [-0.2, -0.15) is 5.26 Å². The number of ether oxygens (including phenoxy) is 1. The highest BCUT2D eigenvalue weighted by Gasteiger charge is 2.24. The zero-order chi connectivity index (χ0) is 22.7. The lowest BCUT2D eigenvalue weighted by molar-refractivity contribution is -0.122. The van der Waals surface area contributed by atoms with Crippen LogP contribution in [0.3, 0.4) is 0 Å². The number of hydrogen-bond acceptors (Lipinski definition) is 5. The van der Waals surface area contributed by atoms with E-state index in [0.717, 1.165) is 45.3 Å². The summed E-state index contributed by atoms with van der Waals surface area (Å²) in [6, 6.07) is 20.0. The van der Waals surface area contributed by atoms with Crippen LogP contribution in [0.2, 0.25) is 0 Å². The van der Waals surface area contributed by atoms with Crippen molar-refractivity contribution >= 4 is 34.5 Å².